The number of hydrogen-bond acceptors (Lipinski definition) is 7. The molecule has 1 amide bonds. The molecule has 0 aromatic rings. The molecule has 0 bridgehead atoms. The molecule has 0 aliphatic carbocycles. The fourth-order valence-electron chi connectivity index (χ4n) is 2.97. The average molecular weight is 435 g/mol. The molecule has 1 unspecified atom stereocenters. The van der Waals surface area contributed by atoms with Gasteiger partial charge in [-0.1, -0.05) is 34.8 Å². The van der Waals surface area contributed by atoms with Gasteiger partial charge in [-0.2, -0.15) is 0 Å². The molecule has 142 valence electrons. The van der Waals surface area contributed by atoms with Gasteiger partial charge in [0, 0.05) is 4.75 Å². The second-order valence-electron chi connectivity index (χ2n) is 6.29. The second-order valence-corrected chi connectivity index (χ2v) is 10.6. The van der Waals surface area contributed by atoms with Gasteiger partial charge < -0.3 is 19.1 Å². The van der Waals surface area contributed by atoms with Crippen LogP contribution in [0.5, 0.6) is 0 Å². The number of nitrogens with zero attached hydrogens (tertiary/aromatic N) is 1. The van der Waals surface area contributed by atoms with Crippen molar-refractivity contribution in [1.82, 2.24) is 4.90 Å². The van der Waals surface area contributed by atoms with Crippen molar-refractivity contribution in [2.24, 2.45) is 5.92 Å². The van der Waals surface area contributed by atoms with E-state index in [-0.39, 0.29) is 11.3 Å². The highest BCUT2D eigenvalue weighted by Crippen LogP contribution is 2.54. The van der Waals surface area contributed by atoms with Crippen molar-refractivity contribution in [2.75, 3.05) is 13.7 Å². The van der Waals surface area contributed by atoms with E-state index in [0.717, 1.165) is 0 Å². The maximum Gasteiger partial charge on any atom is 0.508 e. The summed E-state index contributed by atoms with van der Waals surface area (Å²) >= 11 is 17.9. The van der Waals surface area contributed by atoms with Crippen LogP contribution in [0, 0.1) is 5.92 Å². The fourth-order valence-corrected chi connectivity index (χ4v) is 4.91. The highest BCUT2D eigenvalue weighted by atomic mass is 35.6. The van der Waals surface area contributed by atoms with E-state index in [9.17, 15) is 14.4 Å². The highest BCUT2D eigenvalue weighted by Gasteiger charge is 2.65. The Bertz CT molecular complexity index is 581. The van der Waals surface area contributed by atoms with Crippen molar-refractivity contribution in [3.63, 3.8) is 0 Å². The van der Waals surface area contributed by atoms with Gasteiger partial charge >= 0.3 is 12.1 Å². The lowest BCUT2D eigenvalue weighted by molar-refractivity contribution is -0.170. The third kappa shape index (κ3) is 4.23. The standard InChI is InChI=1S/C14H18Cl3NO6S/c1-6(24-12(21)23-5-14(15,16)17)7-9(19)18-8(11(20)22-4)13(2,3)25-10(7)18/h6-8,10H,5H2,1-4H3/t6?,7-,8+,10-/m1/s1. The summed E-state index contributed by atoms with van der Waals surface area (Å²) in [4.78, 5) is 37.7. The molecule has 2 aliphatic rings. The predicted octanol–water partition coefficient (Wildman–Crippen LogP) is 2.75. The third-order valence-electron chi connectivity index (χ3n) is 4.05. The van der Waals surface area contributed by atoms with Gasteiger partial charge in [0.25, 0.3) is 0 Å². The first kappa shape index (κ1) is 20.7. The van der Waals surface area contributed by atoms with E-state index in [1.807, 2.05) is 13.8 Å². The first-order valence-electron chi connectivity index (χ1n) is 7.37. The van der Waals surface area contributed by atoms with Gasteiger partial charge in [-0.25, -0.2) is 9.59 Å². The number of alkyl halides is 3. The van der Waals surface area contributed by atoms with Crippen molar-refractivity contribution < 1.29 is 28.6 Å². The minimum absolute atomic E-state index is 0.278. The smallest absolute Gasteiger partial charge is 0.467 e. The molecule has 7 nitrogen and oxygen atoms in total. The third-order valence-corrected chi connectivity index (χ3v) is 5.97. The van der Waals surface area contributed by atoms with Crippen LogP contribution in [-0.4, -0.2) is 62.7 Å². The minimum Gasteiger partial charge on any atom is -0.467 e. The van der Waals surface area contributed by atoms with Gasteiger partial charge in [0.1, 0.15) is 24.7 Å². The zero-order chi connectivity index (χ0) is 19.2. The number of halogens is 3. The van der Waals surface area contributed by atoms with E-state index < -0.39 is 45.3 Å². The highest BCUT2D eigenvalue weighted by molar-refractivity contribution is 8.01. The molecular formula is C14H18Cl3NO6S. The van der Waals surface area contributed by atoms with Gasteiger partial charge in [-0.15, -0.1) is 11.8 Å². The van der Waals surface area contributed by atoms with Crippen molar-refractivity contribution in [3.05, 3.63) is 0 Å². The number of fused-ring (bicyclic) bond motifs is 1. The van der Waals surface area contributed by atoms with Crippen LogP contribution in [0.25, 0.3) is 0 Å². The van der Waals surface area contributed by atoms with E-state index in [1.54, 1.807) is 6.92 Å². The Morgan fingerprint density at radius 3 is 2.48 bits per heavy atom. The number of esters is 1. The number of carbonyl (C=O) groups excluding carboxylic acids is 3. The Labute approximate surface area is 164 Å². The molecule has 2 fully saturated rings. The number of thioether (sulfide) groups is 1. The van der Waals surface area contributed by atoms with E-state index in [0.29, 0.717) is 0 Å². The summed E-state index contributed by atoms with van der Waals surface area (Å²) in [7, 11) is 1.28. The predicted molar refractivity (Wildman–Crippen MR) is 93.8 cm³/mol. The lowest BCUT2D eigenvalue weighted by Crippen LogP contribution is -2.65. The van der Waals surface area contributed by atoms with E-state index in [1.165, 1.54) is 23.8 Å². The molecule has 0 radical (unpaired) electrons. The summed E-state index contributed by atoms with van der Waals surface area (Å²) in [5.41, 5.74) is 0. The summed E-state index contributed by atoms with van der Waals surface area (Å²) in [6, 6.07) is -0.681. The molecule has 2 saturated heterocycles. The van der Waals surface area contributed by atoms with Crippen molar-refractivity contribution in [3.8, 4) is 0 Å². The lowest BCUT2D eigenvalue weighted by atomic mass is 9.88. The first-order chi connectivity index (χ1) is 11.4. The Hall–Kier alpha value is -0.570. The molecule has 0 spiro atoms. The Balaban J connectivity index is 2.00. The number of β-lactam (4-membered cyclic amide) rings is 1. The average Bonchev–Trinajstić information content (AvgIpc) is 2.71. The maximum atomic E-state index is 12.5. The quantitative estimate of drug-likeness (QED) is 0.382. The Morgan fingerprint density at radius 2 is 1.96 bits per heavy atom. The Morgan fingerprint density at radius 1 is 1.36 bits per heavy atom. The molecule has 0 N–H and O–H groups in total. The Kier molecular flexibility index (Phi) is 5.98. The van der Waals surface area contributed by atoms with Crippen LogP contribution in [0.3, 0.4) is 0 Å². The lowest BCUT2D eigenvalue weighted by Gasteiger charge is -2.45. The molecule has 2 rings (SSSR count). The topological polar surface area (TPSA) is 82.1 Å². The molecule has 0 saturated carbocycles. The van der Waals surface area contributed by atoms with Gasteiger partial charge in [0.05, 0.1) is 12.5 Å². The molecule has 0 aromatic heterocycles. The van der Waals surface area contributed by atoms with Gasteiger partial charge in [0.15, 0.2) is 0 Å². The molecular weight excluding hydrogens is 417 g/mol. The van der Waals surface area contributed by atoms with Gasteiger partial charge in [-0.05, 0) is 20.8 Å². The number of carbonyl (C=O) groups is 3. The molecule has 11 heteroatoms. The fraction of sp³-hybridized carbons (Fsp3) is 0.786. The molecule has 2 heterocycles. The monoisotopic (exact) mass is 433 g/mol. The molecule has 0 aromatic carbocycles. The summed E-state index contributed by atoms with van der Waals surface area (Å²) < 4.78 is 12.3. The molecule has 2 aliphatic heterocycles. The van der Waals surface area contributed by atoms with E-state index in [2.05, 4.69) is 0 Å². The van der Waals surface area contributed by atoms with Crippen LogP contribution in [0.1, 0.15) is 20.8 Å². The van der Waals surface area contributed by atoms with Gasteiger partial charge in [0.2, 0.25) is 9.70 Å². The molecule has 4 atom stereocenters. The summed E-state index contributed by atoms with van der Waals surface area (Å²) in [6.07, 6.45) is -1.78. The summed E-state index contributed by atoms with van der Waals surface area (Å²) in [5, 5.41) is -0.289. The zero-order valence-electron chi connectivity index (χ0n) is 14.0. The van der Waals surface area contributed by atoms with Crippen molar-refractivity contribution in [1.29, 1.82) is 0 Å². The van der Waals surface area contributed by atoms with Crippen molar-refractivity contribution in [2.45, 2.75) is 46.8 Å². The zero-order valence-corrected chi connectivity index (χ0v) is 17.0. The number of amides is 1. The van der Waals surface area contributed by atoms with Gasteiger partial charge in [-0.3, -0.25) is 4.79 Å². The maximum absolute atomic E-state index is 12.5. The number of hydrogen-bond donors (Lipinski definition) is 0. The number of ether oxygens (including phenoxy) is 3. The minimum atomic E-state index is -1.75. The van der Waals surface area contributed by atoms with E-state index in [4.69, 9.17) is 49.0 Å². The van der Waals surface area contributed by atoms with Crippen LogP contribution < -0.4 is 0 Å². The van der Waals surface area contributed by atoms with Crippen LogP contribution in [0.2, 0.25) is 0 Å². The summed E-state index contributed by atoms with van der Waals surface area (Å²) in [5.74, 6) is -1.33. The SMILES string of the molecule is COC(=O)[C@@H]1N2C(=O)[C@@H](C(C)OC(=O)OCC(Cl)(Cl)Cl)[C@H]2SC1(C)C. The van der Waals surface area contributed by atoms with Crippen LogP contribution >= 0.6 is 46.6 Å². The van der Waals surface area contributed by atoms with Crippen LogP contribution in [0.4, 0.5) is 4.79 Å². The van der Waals surface area contributed by atoms with Crippen LogP contribution in [-0.2, 0) is 23.8 Å². The normalized spacial score (nSPS) is 28.7. The van der Waals surface area contributed by atoms with Crippen molar-refractivity contribution >= 4 is 64.6 Å². The second kappa shape index (κ2) is 7.21. The van der Waals surface area contributed by atoms with Crippen LogP contribution in [0.15, 0.2) is 0 Å². The largest absolute Gasteiger partial charge is 0.508 e. The summed E-state index contributed by atoms with van der Waals surface area (Å²) in [6.45, 7) is 4.84. The number of rotatable bonds is 4. The van der Waals surface area contributed by atoms with E-state index >= 15 is 0 Å². The molecule has 25 heavy (non-hydrogen) atoms. The first-order valence-corrected chi connectivity index (χ1v) is 9.38. The number of methoxy groups -OCH3 is 1.